The summed E-state index contributed by atoms with van der Waals surface area (Å²) < 4.78 is 36.8. The lowest BCUT2D eigenvalue weighted by Crippen LogP contribution is -2.16. The number of benzene rings is 1. The number of cyclic esters (lactones) is 1. The van der Waals surface area contributed by atoms with Gasteiger partial charge in [0.25, 0.3) is 0 Å². The van der Waals surface area contributed by atoms with Gasteiger partial charge < -0.3 is 14.6 Å². The summed E-state index contributed by atoms with van der Waals surface area (Å²) in [5.41, 5.74) is 3.01. The van der Waals surface area contributed by atoms with Crippen molar-refractivity contribution in [3.63, 3.8) is 0 Å². The monoisotopic (exact) mass is 397 g/mol. The number of esters is 1. The number of fused-ring (bicyclic) bond motifs is 1. The van der Waals surface area contributed by atoms with Crippen molar-refractivity contribution >= 4 is 27.6 Å². The predicted octanol–water partition coefficient (Wildman–Crippen LogP) is 2.40. The maximum atomic E-state index is 12.2. The van der Waals surface area contributed by atoms with Gasteiger partial charge in [-0.25, -0.2) is 13.2 Å². The molecule has 0 fully saturated rings. The molecule has 1 heterocycles. The van der Waals surface area contributed by atoms with E-state index < -0.39 is 22.0 Å². The highest BCUT2D eigenvalue weighted by molar-refractivity contribution is 7.92. The maximum absolute atomic E-state index is 12.2. The predicted molar refractivity (Wildman–Crippen MR) is 99.6 cm³/mol. The number of hydrogen-bond donors (Lipinski definition) is 2. The van der Waals surface area contributed by atoms with E-state index in [0.717, 1.165) is 11.8 Å². The second-order valence-corrected chi connectivity index (χ2v) is 8.21. The van der Waals surface area contributed by atoms with Gasteiger partial charge in [-0.2, -0.15) is 0 Å². The van der Waals surface area contributed by atoms with Gasteiger partial charge in [0.1, 0.15) is 12.4 Å². The molecule has 0 saturated heterocycles. The summed E-state index contributed by atoms with van der Waals surface area (Å²) in [5.74, 6) is -1.01. The molecule has 27 heavy (non-hydrogen) atoms. The topological polar surface area (TPSA) is 119 Å². The molecule has 0 aromatic heterocycles. The standard InChI is InChI=1S/C18H23NO7S/c1-10(6-8-14(20)21)5-7-12-16(19-27(4,23)24)15-13(9-26-18(15)22)11(2)17(12)25-3/h5,19H,6-9H2,1-4H3,(H,20,21). The Morgan fingerprint density at radius 1 is 1.37 bits per heavy atom. The third kappa shape index (κ3) is 4.79. The number of carbonyl (C=O) groups excluding carboxylic acids is 1. The number of carbonyl (C=O) groups is 2. The minimum Gasteiger partial charge on any atom is -0.496 e. The van der Waals surface area contributed by atoms with Gasteiger partial charge in [-0.3, -0.25) is 9.52 Å². The van der Waals surface area contributed by atoms with Crippen molar-refractivity contribution in [2.45, 2.75) is 39.7 Å². The summed E-state index contributed by atoms with van der Waals surface area (Å²) in [6, 6.07) is 0. The third-order valence-electron chi connectivity index (χ3n) is 4.35. The first-order valence-corrected chi connectivity index (χ1v) is 10.2. The highest BCUT2D eigenvalue weighted by Crippen LogP contribution is 2.41. The van der Waals surface area contributed by atoms with Gasteiger partial charge in [0, 0.05) is 17.5 Å². The lowest BCUT2D eigenvalue weighted by atomic mass is 9.94. The van der Waals surface area contributed by atoms with Crippen LogP contribution in [-0.2, 0) is 32.6 Å². The van der Waals surface area contributed by atoms with Gasteiger partial charge in [-0.05, 0) is 32.3 Å². The van der Waals surface area contributed by atoms with Gasteiger partial charge in [-0.1, -0.05) is 11.6 Å². The van der Waals surface area contributed by atoms with Crippen LogP contribution in [-0.4, -0.2) is 38.8 Å². The molecule has 0 amide bonds. The third-order valence-corrected chi connectivity index (χ3v) is 4.93. The molecule has 0 saturated carbocycles. The van der Waals surface area contributed by atoms with Crippen LogP contribution >= 0.6 is 0 Å². The molecule has 0 aliphatic carbocycles. The Morgan fingerprint density at radius 3 is 2.59 bits per heavy atom. The average Bonchev–Trinajstić information content (AvgIpc) is 2.95. The Balaban J connectivity index is 2.58. The van der Waals surface area contributed by atoms with Crippen LogP contribution in [0.5, 0.6) is 5.75 Å². The van der Waals surface area contributed by atoms with E-state index in [-0.39, 0.29) is 30.7 Å². The van der Waals surface area contributed by atoms with E-state index >= 15 is 0 Å². The van der Waals surface area contributed by atoms with E-state index in [1.165, 1.54) is 7.11 Å². The van der Waals surface area contributed by atoms with Crippen LogP contribution in [0.2, 0.25) is 0 Å². The molecule has 1 aliphatic rings. The molecule has 2 N–H and O–H groups in total. The molecule has 2 rings (SSSR count). The van der Waals surface area contributed by atoms with Crippen molar-refractivity contribution in [1.29, 1.82) is 0 Å². The normalized spacial score (nSPS) is 13.9. The number of anilines is 1. The number of ether oxygens (including phenoxy) is 2. The minimum atomic E-state index is -3.65. The Labute approximate surface area is 158 Å². The number of allylic oxidation sites excluding steroid dienone is 2. The van der Waals surface area contributed by atoms with Gasteiger partial charge in [0.2, 0.25) is 10.0 Å². The first-order valence-electron chi connectivity index (χ1n) is 8.29. The highest BCUT2D eigenvalue weighted by Gasteiger charge is 2.32. The Morgan fingerprint density at radius 2 is 2.04 bits per heavy atom. The van der Waals surface area contributed by atoms with E-state index in [4.69, 9.17) is 14.6 Å². The number of rotatable bonds is 8. The maximum Gasteiger partial charge on any atom is 0.341 e. The zero-order valence-electron chi connectivity index (χ0n) is 15.7. The molecule has 0 bridgehead atoms. The first kappa shape index (κ1) is 20.8. The lowest BCUT2D eigenvalue weighted by Gasteiger charge is -2.19. The zero-order chi connectivity index (χ0) is 20.4. The van der Waals surface area contributed by atoms with Crippen molar-refractivity contribution < 1.29 is 32.6 Å². The Hall–Kier alpha value is -2.55. The number of methoxy groups -OCH3 is 1. The SMILES string of the molecule is COc1c(C)c2c(c(NS(C)(=O)=O)c1CC=C(C)CCC(=O)O)C(=O)OC2. The summed E-state index contributed by atoms with van der Waals surface area (Å²) in [6.07, 6.45) is 3.46. The van der Waals surface area contributed by atoms with Crippen molar-refractivity contribution in [2.75, 3.05) is 18.1 Å². The van der Waals surface area contributed by atoms with Crippen LogP contribution in [0, 0.1) is 6.92 Å². The highest BCUT2D eigenvalue weighted by atomic mass is 32.2. The average molecular weight is 397 g/mol. The summed E-state index contributed by atoms with van der Waals surface area (Å²) >= 11 is 0. The number of nitrogens with one attached hydrogen (secondary N) is 1. The number of carboxylic acids is 1. The number of aliphatic carboxylic acids is 1. The van der Waals surface area contributed by atoms with Gasteiger partial charge in [0.15, 0.2) is 0 Å². The fourth-order valence-electron chi connectivity index (χ4n) is 3.03. The minimum absolute atomic E-state index is 0.00343. The molecule has 8 nitrogen and oxygen atoms in total. The van der Waals surface area contributed by atoms with Gasteiger partial charge in [0.05, 0.1) is 24.6 Å². The van der Waals surface area contributed by atoms with Crippen molar-refractivity contribution in [3.05, 3.63) is 33.9 Å². The molecule has 9 heteroatoms. The number of carboxylic acid groups (broad SMARTS) is 1. The molecular formula is C18H23NO7S. The summed E-state index contributed by atoms with van der Waals surface area (Å²) in [7, 11) is -2.18. The van der Waals surface area contributed by atoms with Crippen LogP contribution in [0.1, 0.15) is 46.8 Å². The van der Waals surface area contributed by atoms with Crippen LogP contribution < -0.4 is 9.46 Å². The van der Waals surface area contributed by atoms with Crippen molar-refractivity contribution in [2.24, 2.45) is 0 Å². The Kier molecular flexibility index (Phi) is 6.15. The van der Waals surface area contributed by atoms with Crippen LogP contribution in [0.15, 0.2) is 11.6 Å². The number of sulfonamides is 1. The fourth-order valence-corrected chi connectivity index (χ4v) is 3.63. The molecule has 1 aliphatic heterocycles. The Bertz CT molecular complexity index is 916. The molecule has 0 unspecified atom stereocenters. The second-order valence-electron chi connectivity index (χ2n) is 6.46. The summed E-state index contributed by atoms with van der Waals surface area (Å²) in [4.78, 5) is 22.9. The molecule has 0 atom stereocenters. The number of hydrogen-bond acceptors (Lipinski definition) is 6. The molecule has 0 spiro atoms. The largest absolute Gasteiger partial charge is 0.496 e. The van der Waals surface area contributed by atoms with Crippen LogP contribution in [0.25, 0.3) is 0 Å². The second kappa shape index (κ2) is 7.99. The summed E-state index contributed by atoms with van der Waals surface area (Å²) in [6.45, 7) is 3.64. The first-order chi connectivity index (χ1) is 12.5. The molecule has 148 valence electrons. The van der Waals surface area contributed by atoms with Crippen molar-refractivity contribution in [3.8, 4) is 5.75 Å². The smallest absolute Gasteiger partial charge is 0.341 e. The van der Waals surface area contributed by atoms with E-state index in [1.54, 1.807) is 19.9 Å². The van der Waals surface area contributed by atoms with E-state index in [0.29, 0.717) is 28.9 Å². The van der Waals surface area contributed by atoms with Crippen molar-refractivity contribution in [1.82, 2.24) is 0 Å². The molecule has 1 aromatic carbocycles. The van der Waals surface area contributed by atoms with E-state index in [2.05, 4.69) is 4.72 Å². The van der Waals surface area contributed by atoms with E-state index in [1.807, 2.05) is 0 Å². The summed E-state index contributed by atoms with van der Waals surface area (Å²) in [5, 5.41) is 8.80. The lowest BCUT2D eigenvalue weighted by molar-refractivity contribution is -0.136. The van der Waals surface area contributed by atoms with Gasteiger partial charge >= 0.3 is 11.9 Å². The zero-order valence-corrected chi connectivity index (χ0v) is 16.5. The van der Waals surface area contributed by atoms with E-state index in [9.17, 15) is 18.0 Å². The molecular weight excluding hydrogens is 374 g/mol. The molecule has 1 aromatic rings. The van der Waals surface area contributed by atoms with Crippen LogP contribution in [0.3, 0.4) is 0 Å². The quantitative estimate of drug-likeness (QED) is 0.510. The molecule has 0 radical (unpaired) electrons. The fraction of sp³-hybridized carbons (Fsp3) is 0.444. The van der Waals surface area contributed by atoms with Crippen LogP contribution in [0.4, 0.5) is 5.69 Å². The van der Waals surface area contributed by atoms with Gasteiger partial charge in [-0.15, -0.1) is 0 Å².